The SMILES string of the molecule is CCS(=O)(=O)Nc1cc(-c2n[nH]c(=S)n(N)c2=O)c(F)cc1C#N. The van der Waals surface area contributed by atoms with Gasteiger partial charge in [0.25, 0.3) is 5.56 Å². The van der Waals surface area contributed by atoms with E-state index in [0.717, 1.165) is 12.1 Å². The molecule has 0 unspecified atom stereocenters. The number of anilines is 1. The number of aromatic amines is 1. The number of nitrogens with one attached hydrogen (secondary N) is 2. The molecule has 0 fully saturated rings. The second kappa shape index (κ2) is 6.38. The summed E-state index contributed by atoms with van der Waals surface area (Å²) in [6.45, 7) is 1.39. The molecule has 2 rings (SSSR count). The molecule has 1 aromatic heterocycles. The molecule has 9 nitrogen and oxygen atoms in total. The summed E-state index contributed by atoms with van der Waals surface area (Å²) in [6.07, 6.45) is 0. The van der Waals surface area contributed by atoms with Gasteiger partial charge in [0.15, 0.2) is 5.69 Å². The number of nitrogen functional groups attached to an aromatic ring is 1. The average molecular weight is 370 g/mol. The summed E-state index contributed by atoms with van der Waals surface area (Å²) in [7, 11) is -3.72. The minimum atomic E-state index is -3.72. The Kier molecular flexibility index (Phi) is 4.67. The molecule has 1 heterocycles. The number of halogens is 1. The average Bonchev–Trinajstić information content (AvgIpc) is 2.54. The van der Waals surface area contributed by atoms with Crippen molar-refractivity contribution in [1.29, 1.82) is 5.26 Å². The molecule has 0 bridgehead atoms. The quantitative estimate of drug-likeness (QED) is 0.523. The molecule has 0 aliphatic carbocycles. The lowest BCUT2D eigenvalue weighted by Crippen LogP contribution is -2.31. The number of rotatable bonds is 4. The van der Waals surface area contributed by atoms with Crippen molar-refractivity contribution in [3.05, 3.63) is 38.6 Å². The standard InChI is InChI=1S/C12H11FN6O3S2/c1-2-24(21,22)18-9-4-7(8(13)3-6(9)5-14)10-11(20)19(15)12(23)17-16-10/h3-4,18H,2,15H2,1H3,(H,17,23). The minimum absolute atomic E-state index is 0.176. The Hall–Kier alpha value is -2.78. The first-order chi connectivity index (χ1) is 11.2. The number of nitriles is 1. The van der Waals surface area contributed by atoms with Crippen LogP contribution in [0.3, 0.4) is 0 Å². The molecule has 0 saturated carbocycles. The highest BCUT2D eigenvalue weighted by Gasteiger charge is 2.19. The zero-order valence-corrected chi connectivity index (χ0v) is 13.8. The van der Waals surface area contributed by atoms with Crippen molar-refractivity contribution < 1.29 is 12.8 Å². The zero-order valence-electron chi connectivity index (χ0n) is 12.2. The van der Waals surface area contributed by atoms with Crippen molar-refractivity contribution in [2.45, 2.75) is 6.92 Å². The highest BCUT2D eigenvalue weighted by Crippen LogP contribution is 2.26. The summed E-state index contributed by atoms with van der Waals surface area (Å²) in [5.41, 5.74) is -2.05. The van der Waals surface area contributed by atoms with Crippen LogP contribution in [0.4, 0.5) is 10.1 Å². The van der Waals surface area contributed by atoms with E-state index in [9.17, 15) is 17.6 Å². The van der Waals surface area contributed by atoms with Crippen LogP contribution in [-0.2, 0) is 10.0 Å². The Bertz CT molecular complexity index is 1070. The molecule has 2 aromatic rings. The highest BCUT2D eigenvalue weighted by molar-refractivity contribution is 7.92. The molecule has 1 aromatic carbocycles. The van der Waals surface area contributed by atoms with Crippen LogP contribution in [0.5, 0.6) is 0 Å². The lowest BCUT2D eigenvalue weighted by atomic mass is 10.1. The molecule has 0 radical (unpaired) electrons. The number of H-pyrrole nitrogens is 1. The Morgan fingerprint density at radius 1 is 1.54 bits per heavy atom. The third-order valence-corrected chi connectivity index (χ3v) is 4.61. The number of hydrogen-bond acceptors (Lipinski definition) is 7. The zero-order chi connectivity index (χ0) is 18.1. The fourth-order valence-electron chi connectivity index (χ4n) is 1.76. The van der Waals surface area contributed by atoms with Crippen LogP contribution < -0.4 is 16.1 Å². The van der Waals surface area contributed by atoms with Gasteiger partial charge in [0.2, 0.25) is 14.8 Å². The Morgan fingerprint density at radius 3 is 2.79 bits per heavy atom. The van der Waals surface area contributed by atoms with E-state index in [1.807, 2.05) is 0 Å². The van der Waals surface area contributed by atoms with Crippen molar-refractivity contribution >= 4 is 27.9 Å². The van der Waals surface area contributed by atoms with Gasteiger partial charge < -0.3 is 5.84 Å². The van der Waals surface area contributed by atoms with Crippen LogP contribution in [0.15, 0.2) is 16.9 Å². The number of benzene rings is 1. The van der Waals surface area contributed by atoms with E-state index in [-0.39, 0.29) is 27.3 Å². The van der Waals surface area contributed by atoms with E-state index < -0.39 is 27.1 Å². The first kappa shape index (κ1) is 17.6. The third-order valence-electron chi connectivity index (χ3n) is 3.03. The van der Waals surface area contributed by atoms with E-state index >= 15 is 0 Å². The molecule has 0 atom stereocenters. The molecule has 0 aliphatic heterocycles. The number of sulfonamides is 1. The van der Waals surface area contributed by atoms with Crippen molar-refractivity contribution in [2.75, 3.05) is 16.3 Å². The summed E-state index contributed by atoms with van der Waals surface area (Å²) < 4.78 is 40.2. The third kappa shape index (κ3) is 3.26. The number of nitrogens with zero attached hydrogens (tertiary/aromatic N) is 3. The van der Waals surface area contributed by atoms with Crippen LogP contribution >= 0.6 is 12.2 Å². The molecule has 12 heteroatoms. The topological polar surface area (TPSA) is 147 Å². The monoisotopic (exact) mass is 370 g/mol. The van der Waals surface area contributed by atoms with Gasteiger partial charge >= 0.3 is 0 Å². The molecule has 0 aliphatic rings. The lowest BCUT2D eigenvalue weighted by molar-refractivity contribution is 0.602. The number of aromatic nitrogens is 3. The summed E-state index contributed by atoms with van der Waals surface area (Å²) >= 11 is 4.73. The van der Waals surface area contributed by atoms with Crippen molar-refractivity contribution in [3.8, 4) is 17.3 Å². The largest absolute Gasteiger partial charge is 0.334 e. The van der Waals surface area contributed by atoms with Crippen LogP contribution in [0.2, 0.25) is 0 Å². The van der Waals surface area contributed by atoms with E-state index in [0.29, 0.717) is 4.68 Å². The first-order valence-corrected chi connectivity index (χ1v) is 8.47. The first-order valence-electron chi connectivity index (χ1n) is 6.41. The molecule has 0 saturated heterocycles. The van der Waals surface area contributed by atoms with Gasteiger partial charge in [0, 0.05) is 5.56 Å². The van der Waals surface area contributed by atoms with Crippen molar-refractivity contribution in [1.82, 2.24) is 14.9 Å². The van der Waals surface area contributed by atoms with Gasteiger partial charge in [0.1, 0.15) is 11.9 Å². The minimum Gasteiger partial charge on any atom is -0.334 e. The van der Waals surface area contributed by atoms with Gasteiger partial charge in [0.05, 0.1) is 17.0 Å². The highest BCUT2D eigenvalue weighted by atomic mass is 32.2. The van der Waals surface area contributed by atoms with E-state index in [1.165, 1.54) is 6.92 Å². The lowest BCUT2D eigenvalue weighted by Gasteiger charge is -2.11. The fourth-order valence-corrected chi connectivity index (χ4v) is 2.54. The van der Waals surface area contributed by atoms with E-state index in [2.05, 4.69) is 14.9 Å². The summed E-state index contributed by atoms with van der Waals surface area (Å²) in [5.74, 6) is 4.23. The second-order valence-electron chi connectivity index (χ2n) is 4.55. The Balaban J connectivity index is 2.74. The van der Waals surface area contributed by atoms with Crippen LogP contribution in [-0.4, -0.2) is 29.0 Å². The van der Waals surface area contributed by atoms with Crippen molar-refractivity contribution in [3.63, 3.8) is 0 Å². The van der Waals surface area contributed by atoms with Crippen LogP contribution in [0, 0.1) is 21.9 Å². The van der Waals surface area contributed by atoms with Crippen LogP contribution in [0.25, 0.3) is 11.3 Å². The number of hydrogen-bond donors (Lipinski definition) is 3. The normalized spacial score (nSPS) is 11.0. The molecule has 4 N–H and O–H groups in total. The molecular formula is C12H11FN6O3S2. The van der Waals surface area contributed by atoms with Gasteiger partial charge in [-0.3, -0.25) is 14.6 Å². The van der Waals surface area contributed by atoms with Crippen LogP contribution in [0.1, 0.15) is 12.5 Å². The van der Waals surface area contributed by atoms with Gasteiger partial charge in [-0.05, 0) is 31.3 Å². The van der Waals surface area contributed by atoms with E-state index in [4.69, 9.17) is 23.3 Å². The maximum atomic E-state index is 14.2. The van der Waals surface area contributed by atoms with Gasteiger partial charge in [-0.25, -0.2) is 12.8 Å². The van der Waals surface area contributed by atoms with E-state index in [1.54, 1.807) is 6.07 Å². The van der Waals surface area contributed by atoms with Gasteiger partial charge in [-0.15, -0.1) is 0 Å². The molecule has 126 valence electrons. The van der Waals surface area contributed by atoms with Gasteiger partial charge in [-0.2, -0.15) is 15.0 Å². The summed E-state index contributed by atoms with van der Waals surface area (Å²) in [4.78, 5) is 12.1. The van der Waals surface area contributed by atoms with Crippen molar-refractivity contribution in [2.24, 2.45) is 0 Å². The van der Waals surface area contributed by atoms with Gasteiger partial charge in [-0.1, -0.05) is 0 Å². The molecule has 24 heavy (non-hydrogen) atoms. The molecule has 0 spiro atoms. The maximum Gasteiger partial charge on any atom is 0.299 e. The molecule has 0 amide bonds. The maximum absolute atomic E-state index is 14.2. The molecular weight excluding hydrogens is 359 g/mol. The number of nitrogens with two attached hydrogens (primary N) is 1. The fraction of sp³-hybridized carbons (Fsp3) is 0.167. The smallest absolute Gasteiger partial charge is 0.299 e. The predicted octanol–water partition coefficient (Wildman–Crippen LogP) is 0.454. The Morgan fingerprint density at radius 2 is 2.21 bits per heavy atom. The predicted molar refractivity (Wildman–Crippen MR) is 87.0 cm³/mol. The Labute approximate surface area is 140 Å². The second-order valence-corrected chi connectivity index (χ2v) is 6.95. The summed E-state index contributed by atoms with van der Waals surface area (Å²) in [5, 5.41) is 15.0. The summed E-state index contributed by atoms with van der Waals surface area (Å²) in [6, 6.07) is 3.48.